The molecular weight excluding hydrogens is 501 g/mol. The highest BCUT2D eigenvalue weighted by Crippen LogP contribution is 2.41. The maximum Gasteiger partial charge on any atom is 0.223 e. The molecule has 0 saturated heterocycles. The number of halogens is 1. The second-order valence-electron chi connectivity index (χ2n) is 10.2. The van der Waals surface area contributed by atoms with E-state index in [2.05, 4.69) is 25.3 Å². The van der Waals surface area contributed by atoms with Gasteiger partial charge < -0.3 is 19.4 Å². The number of aromatic nitrogens is 7. The molecule has 0 radical (unpaired) electrons. The van der Waals surface area contributed by atoms with Gasteiger partial charge in [0.2, 0.25) is 11.7 Å². The Balaban J connectivity index is 1.65. The van der Waals surface area contributed by atoms with E-state index in [-0.39, 0.29) is 5.82 Å². The summed E-state index contributed by atoms with van der Waals surface area (Å²) in [5.74, 6) is 2.14. The lowest BCUT2D eigenvalue weighted by molar-refractivity contribution is 0.0739. The fourth-order valence-corrected chi connectivity index (χ4v) is 4.68. The zero-order chi connectivity index (χ0) is 27.6. The van der Waals surface area contributed by atoms with Crippen molar-refractivity contribution in [3.63, 3.8) is 0 Å². The summed E-state index contributed by atoms with van der Waals surface area (Å²) >= 11 is 0. The molecule has 0 saturated carbocycles. The third kappa shape index (κ3) is 4.20. The third-order valence-electron chi connectivity index (χ3n) is 6.60. The van der Waals surface area contributed by atoms with Gasteiger partial charge in [0.15, 0.2) is 11.4 Å². The molecule has 0 spiro atoms. The predicted octanol–water partition coefficient (Wildman–Crippen LogP) is 5.72. The van der Waals surface area contributed by atoms with Crippen LogP contribution in [0.1, 0.15) is 42.4 Å². The molecule has 6 rings (SSSR count). The number of fused-ring (bicyclic) bond motifs is 3. The van der Waals surface area contributed by atoms with E-state index in [1.54, 1.807) is 46.8 Å². The van der Waals surface area contributed by atoms with Gasteiger partial charge >= 0.3 is 0 Å². The molecule has 0 fully saturated rings. The first-order chi connectivity index (χ1) is 18.5. The fourth-order valence-electron chi connectivity index (χ4n) is 4.68. The molecule has 0 amide bonds. The summed E-state index contributed by atoms with van der Waals surface area (Å²) in [6.07, 6.45) is 1.89. The number of hydrogen-bond acceptors (Lipinski definition) is 8. The number of aliphatic hydroxyl groups is 1. The zero-order valence-electron chi connectivity index (χ0n) is 22.3. The van der Waals surface area contributed by atoms with Gasteiger partial charge in [-0.2, -0.15) is 4.98 Å². The molecule has 6 aromatic rings. The summed E-state index contributed by atoms with van der Waals surface area (Å²) in [6.45, 7) is 10.5. The fraction of sp³-hybridized carbons (Fsp3) is 0.250. The quantitative estimate of drug-likeness (QED) is 0.292. The molecule has 198 valence electrons. The molecular formula is C28H26FN7O3. The summed E-state index contributed by atoms with van der Waals surface area (Å²) in [5, 5.41) is 24.3. The van der Waals surface area contributed by atoms with Crippen LogP contribution >= 0.6 is 0 Å². The lowest BCUT2D eigenvalue weighted by atomic mass is 10.0. The van der Waals surface area contributed by atoms with Gasteiger partial charge in [0.05, 0.1) is 16.9 Å². The predicted molar refractivity (Wildman–Crippen MR) is 142 cm³/mol. The van der Waals surface area contributed by atoms with E-state index >= 15 is 0 Å². The number of aromatic amines is 1. The first-order valence-electron chi connectivity index (χ1n) is 12.4. The summed E-state index contributed by atoms with van der Waals surface area (Å²) in [4.78, 5) is 12.6. The summed E-state index contributed by atoms with van der Waals surface area (Å²) in [6, 6.07) is 8.24. The molecule has 0 bridgehead atoms. The largest absolute Gasteiger partial charge is 0.455 e. The van der Waals surface area contributed by atoms with Gasteiger partial charge in [0, 0.05) is 24.1 Å². The average Bonchev–Trinajstić information content (AvgIpc) is 3.58. The second-order valence-corrected chi connectivity index (χ2v) is 10.2. The van der Waals surface area contributed by atoms with Crippen LogP contribution in [0.15, 0.2) is 41.1 Å². The Morgan fingerprint density at radius 2 is 1.77 bits per heavy atom. The molecule has 0 aliphatic rings. The van der Waals surface area contributed by atoms with Crippen molar-refractivity contribution in [2.45, 2.75) is 47.1 Å². The highest BCUT2D eigenvalue weighted by Gasteiger charge is 2.25. The van der Waals surface area contributed by atoms with Crippen molar-refractivity contribution in [3.05, 3.63) is 70.9 Å². The number of nitrogens with one attached hydrogen (secondary N) is 1. The van der Waals surface area contributed by atoms with Gasteiger partial charge in [0.1, 0.15) is 28.7 Å². The Kier molecular flexibility index (Phi) is 5.51. The SMILES string of the molecule is Cc1nc(-c2cc3c(-c4nc(C(C)(C)O)ccc4Oc4c(C)cc(F)cc4C)cn4c(C)nnc4c3[nH]2)no1. The third-order valence-corrected chi connectivity index (χ3v) is 6.60. The summed E-state index contributed by atoms with van der Waals surface area (Å²) in [5.41, 5.74) is 3.66. The maximum absolute atomic E-state index is 14.0. The molecule has 5 heterocycles. The molecule has 1 aromatic carbocycles. The van der Waals surface area contributed by atoms with E-state index in [1.165, 1.54) is 12.1 Å². The number of rotatable bonds is 5. The lowest BCUT2D eigenvalue weighted by Gasteiger charge is -2.20. The molecule has 0 aliphatic carbocycles. The summed E-state index contributed by atoms with van der Waals surface area (Å²) in [7, 11) is 0. The van der Waals surface area contributed by atoms with Crippen LogP contribution < -0.4 is 4.74 Å². The van der Waals surface area contributed by atoms with Gasteiger partial charge in [-0.1, -0.05) is 5.16 Å². The molecule has 10 nitrogen and oxygen atoms in total. The highest BCUT2D eigenvalue weighted by atomic mass is 19.1. The van der Waals surface area contributed by atoms with E-state index in [0.717, 1.165) is 5.39 Å². The Hall–Kier alpha value is -4.64. The van der Waals surface area contributed by atoms with E-state index in [1.807, 2.05) is 23.6 Å². The van der Waals surface area contributed by atoms with E-state index < -0.39 is 5.60 Å². The normalized spacial score (nSPS) is 12.1. The number of aryl methyl sites for hydroxylation is 4. The average molecular weight is 528 g/mol. The van der Waals surface area contributed by atoms with Crippen molar-refractivity contribution < 1.29 is 18.8 Å². The van der Waals surface area contributed by atoms with Crippen LogP contribution in [0.3, 0.4) is 0 Å². The van der Waals surface area contributed by atoms with Crippen molar-refractivity contribution >= 4 is 16.6 Å². The van der Waals surface area contributed by atoms with E-state index in [9.17, 15) is 9.50 Å². The Morgan fingerprint density at radius 3 is 2.44 bits per heavy atom. The van der Waals surface area contributed by atoms with Crippen LogP contribution in [0.2, 0.25) is 0 Å². The van der Waals surface area contributed by atoms with Gasteiger partial charge in [-0.3, -0.25) is 4.40 Å². The number of hydrogen-bond donors (Lipinski definition) is 2. The second kappa shape index (κ2) is 8.70. The van der Waals surface area contributed by atoms with Crippen LogP contribution in [0.25, 0.3) is 39.3 Å². The van der Waals surface area contributed by atoms with Crippen LogP contribution in [0, 0.1) is 33.5 Å². The van der Waals surface area contributed by atoms with Gasteiger partial charge in [-0.25, -0.2) is 9.37 Å². The minimum atomic E-state index is -1.21. The Morgan fingerprint density at radius 1 is 1.03 bits per heavy atom. The van der Waals surface area contributed by atoms with Crippen LogP contribution in [-0.4, -0.2) is 39.8 Å². The molecule has 2 N–H and O–H groups in total. The van der Waals surface area contributed by atoms with Crippen LogP contribution in [0.4, 0.5) is 4.39 Å². The smallest absolute Gasteiger partial charge is 0.223 e. The van der Waals surface area contributed by atoms with Gasteiger partial charge in [-0.15, -0.1) is 10.2 Å². The molecule has 11 heteroatoms. The van der Waals surface area contributed by atoms with Crippen molar-refractivity contribution in [2.24, 2.45) is 0 Å². The number of benzene rings is 1. The first kappa shape index (κ1) is 24.7. The van der Waals surface area contributed by atoms with Crippen molar-refractivity contribution in [1.82, 2.24) is 34.7 Å². The van der Waals surface area contributed by atoms with Crippen molar-refractivity contribution in [3.8, 4) is 34.3 Å². The number of pyridine rings is 2. The summed E-state index contributed by atoms with van der Waals surface area (Å²) < 4.78 is 27.5. The number of H-pyrrole nitrogens is 1. The van der Waals surface area contributed by atoms with Crippen molar-refractivity contribution in [1.29, 1.82) is 0 Å². The minimum Gasteiger partial charge on any atom is -0.455 e. The van der Waals surface area contributed by atoms with E-state index in [0.29, 0.717) is 74.0 Å². The highest BCUT2D eigenvalue weighted by molar-refractivity contribution is 6.03. The molecule has 39 heavy (non-hydrogen) atoms. The van der Waals surface area contributed by atoms with Gasteiger partial charge in [-0.05, 0) is 76.1 Å². The lowest BCUT2D eigenvalue weighted by Crippen LogP contribution is -2.18. The molecule has 0 unspecified atom stereocenters. The van der Waals surface area contributed by atoms with Crippen LogP contribution in [0.5, 0.6) is 11.5 Å². The first-order valence-corrected chi connectivity index (χ1v) is 12.4. The maximum atomic E-state index is 14.0. The molecule has 0 atom stereocenters. The Labute approximate surface area is 222 Å². The standard InChI is InChI=1S/C28H26FN7O3/c1-13-9-17(29)10-14(2)25(13)38-21-7-8-22(28(5,6)37)32-23(21)19-12-36-15(3)33-34-27(36)24-18(19)11-20(31-24)26-30-16(4)39-35-26/h7-12,31,37H,1-6H3. The van der Waals surface area contributed by atoms with E-state index in [4.69, 9.17) is 14.2 Å². The number of nitrogens with zero attached hydrogens (tertiary/aromatic N) is 6. The van der Waals surface area contributed by atoms with Gasteiger partial charge in [0.25, 0.3) is 0 Å². The monoisotopic (exact) mass is 527 g/mol. The Bertz CT molecular complexity index is 1870. The minimum absolute atomic E-state index is 0.333. The molecule has 0 aliphatic heterocycles. The van der Waals surface area contributed by atoms with Crippen molar-refractivity contribution in [2.75, 3.05) is 0 Å². The topological polar surface area (TPSA) is 127 Å². The zero-order valence-corrected chi connectivity index (χ0v) is 22.3. The number of ether oxygens (including phenoxy) is 1. The molecule has 5 aromatic heterocycles. The van der Waals surface area contributed by atoms with Crippen LogP contribution in [-0.2, 0) is 5.60 Å².